The minimum absolute atomic E-state index is 0.760. The van der Waals surface area contributed by atoms with Crippen molar-refractivity contribution >= 4 is 5.69 Å². The molecule has 0 aliphatic rings. The number of methoxy groups -OCH3 is 2. The van der Waals surface area contributed by atoms with E-state index in [1.54, 1.807) is 14.2 Å². The van der Waals surface area contributed by atoms with E-state index in [9.17, 15) is 0 Å². The Labute approximate surface area is 104 Å². The molecule has 0 aliphatic heterocycles. The first-order valence-corrected chi connectivity index (χ1v) is 5.86. The molecule has 96 valence electrons. The van der Waals surface area contributed by atoms with Gasteiger partial charge in [-0.2, -0.15) is 0 Å². The summed E-state index contributed by atoms with van der Waals surface area (Å²) in [4.78, 5) is 2.19. The van der Waals surface area contributed by atoms with Crippen molar-refractivity contribution in [3.63, 3.8) is 0 Å². The molecule has 17 heavy (non-hydrogen) atoms. The lowest BCUT2D eigenvalue weighted by Gasteiger charge is -2.20. The van der Waals surface area contributed by atoms with Crippen molar-refractivity contribution in [2.75, 3.05) is 45.8 Å². The zero-order valence-corrected chi connectivity index (χ0v) is 11.1. The molecule has 0 radical (unpaired) electrons. The van der Waals surface area contributed by atoms with Crippen LogP contribution >= 0.6 is 0 Å². The van der Waals surface area contributed by atoms with Crippen molar-refractivity contribution in [2.24, 2.45) is 0 Å². The monoisotopic (exact) mass is 238 g/mol. The Morgan fingerprint density at radius 2 is 1.88 bits per heavy atom. The molecule has 0 amide bonds. The molecule has 1 aromatic carbocycles. The zero-order valence-electron chi connectivity index (χ0n) is 11.1. The lowest BCUT2D eigenvalue weighted by molar-refractivity contribution is 0.355. The molecule has 1 aromatic rings. The van der Waals surface area contributed by atoms with Crippen molar-refractivity contribution in [2.45, 2.75) is 6.92 Å². The first-order chi connectivity index (χ1) is 8.22. The molecule has 0 aliphatic carbocycles. The molecule has 4 nitrogen and oxygen atoms in total. The Morgan fingerprint density at radius 3 is 2.47 bits per heavy atom. The number of nitrogens with one attached hydrogen (secondary N) is 1. The van der Waals surface area contributed by atoms with Gasteiger partial charge in [0.1, 0.15) is 0 Å². The predicted octanol–water partition coefficient (Wildman–Crippen LogP) is 1.75. The Bertz CT molecular complexity index is 342. The molecule has 0 bridgehead atoms. The lowest BCUT2D eigenvalue weighted by atomic mass is 10.2. The maximum Gasteiger partial charge on any atom is 0.162 e. The quantitative estimate of drug-likeness (QED) is 0.734. The summed E-state index contributed by atoms with van der Waals surface area (Å²) in [6.45, 7) is 5.04. The van der Waals surface area contributed by atoms with Crippen molar-refractivity contribution in [1.29, 1.82) is 0 Å². The van der Waals surface area contributed by atoms with Crippen LogP contribution in [0.4, 0.5) is 5.69 Å². The number of anilines is 1. The summed E-state index contributed by atoms with van der Waals surface area (Å²) in [5.41, 5.74) is 1.13. The highest BCUT2D eigenvalue weighted by Gasteiger charge is 2.07. The van der Waals surface area contributed by atoms with Gasteiger partial charge in [0.05, 0.1) is 14.2 Å². The summed E-state index contributed by atoms with van der Waals surface area (Å²) in [5, 5.41) is 3.30. The molecule has 0 atom stereocenters. The molecule has 1 N–H and O–H groups in total. The molecule has 0 spiro atoms. The fourth-order valence-corrected chi connectivity index (χ4v) is 1.61. The Balaban J connectivity index is 2.70. The van der Waals surface area contributed by atoms with E-state index in [0.29, 0.717) is 0 Å². The van der Waals surface area contributed by atoms with E-state index in [2.05, 4.69) is 24.2 Å². The van der Waals surface area contributed by atoms with Crippen LogP contribution in [0.25, 0.3) is 0 Å². The molecule has 0 unspecified atom stereocenters. The van der Waals surface area contributed by atoms with Crippen LogP contribution in [-0.4, -0.2) is 40.9 Å². The van der Waals surface area contributed by atoms with Gasteiger partial charge in [0.25, 0.3) is 0 Å². The van der Waals surface area contributed by atoms with E-state index in [1.807, 2.05) is 18.2 Å². The second-order valence-corrected chi connectivity index (χ2v) is 3.81. The number of benzene rings is 1. The summed E-state index contributed by atoms with van der Waals surface area (Å²) < 4.78 is 10.5. The van der Waals surface area contributed by atoms with Crippen LogP contribution < -0.4 is 19.7 Å². The van der Waals surface area contributed by atoms with Crippen LogP contribution in [-0.2, 0) is 0 Å². The highest BCUT2D eigenvalue weighted by Crippen LogP contribution is 2.30. The number of rotatable bonds is 7. The summed E-state index contributed by atoms with van der Waals surface area (Å²) in [6.07, 6.45) is 0. The molecule has 0 saturated heterocycles. The molecule has 0 fully saturated rings. The number of hydrogen-bond donors (Lipinski definition) is 1. The molecule has 0 saturated carbocycles. The molecule has 4 heteroatoms. The van der Waals surface area contributed by atoms with E-state index in [-0.39, 0.29) is 0 Å². The van der Waals surface area contributed by atoms with Gasteiger partial charge in [-0.15, -0.1) is 0 Å². The molecule has 1 rings (SSSR count). The van der Waals surface area contributed by atoms with Crippen molar-refractivity contribution in [1.82, 2.24) is 5.32 Å². The second-order valence-electron chi connectivity index (χ2n) is 3.81. The summed E-state index contributed by atoms with van der Waals surface area (Å²) >= 11 is 0. The molecular weight excluding hydrogens is 216 g/mol. The standard InChI is InChI=1S/C13H22N2O2/c1-5-14-8-9-15(2)11-6-7-12(16-3)13(10-11)17-4/h6-7,10,14H,5,8-9H2,1-4H3. The molecular formula is C13H22N2O2. The Morgan fingerprint density at radius 1 is 1.18 bits per heavy atom. The normalized spacial score (nSPS) is 10.1. The third-order valence-corrected chi connectivity index (χ3v) is 2.68. The smallest absolute Gasteiger partial charge is 0.162 e. The Hall–Kier alpha value is -1.42. The first-order valence-electron chi connectivity index (χ1n) is 5.86. The minimum atomic E-state index is 0.760. The third-order valence-electron chi connectivity index (χ3n) is 2.68. The SMILES string of the molecule is CCNCCN(C)c1ccc(OC)c(OC)c1. The summed E-state index contributed by atoms with van der Waals surface area (Å²) in [7, 11) is 5.37. The van der Waals surface area contributed by atoms with Crippen molar-refractivity contribution in [3.05, 3.63) is 18.2 Å². The van der Waals surface area contributed by atoms with Gasteiger partial charge in [-0.05, 0) is 18.7 Å². The summed E-state index contributed by atoms with van der Waals surface area (Å²) in [6, 6.07) is 5.95. The van der Waals surface area contributed by atoms with Gasteiger partial charge < -0.3 is 19.7 Å². The lowest BCUT2D eigenvalue weighted by Crippen LogP contribution is -2.28. The van der Waals surface area contributed by atoms with Crippen LogP contribution in [0.3, 0.4) is 0 Å². The van der Waals surface area contributed by atoms with Crippen molar-refractivity contribution < 1.29 is 9.47 Å². The highest BCUT2D eigenvalue weighted by molar-refractivity contribution is 5.56. The topological polar surface area (TPSA) is 33.7 Å². The second kappa shape index (κ2) is 7.01. The van der Waals surface area contributed by atoms with Gasteiger partial charge in [0, 0.05) is 31.9 Å². The maximum atomic E-state index is 5.29. The highest BCUT2D eigenvalue weighted by atomic mass is 16.5. The van der Waals surface area contributed by atoms with Gasteiger partial charge >= 0.3 is 0 Å². The molecule has 0 aromatic heterocycles. The van der Waals surface area contributed by atoms with Crippen LogP contribution in [0, 0.1) is 0 Å². The van der Waals surface area contributed by atoms with Crippen LogP contribution in [0.1, 0.15) is 6.92 Å². The number of likely N-dealkylation sites (N-methyl/N-ethyl adjacent to an activating group) is 2. The van der Waals surface area contributed by atoms with Gasteiger partial charge in [-0.3, -0.25) is 0 Å². The van der Waals surface area contributed by atoms with Gasteiger partial charge in [-0.25, -0.2) is 0 Å². The maximum absolute atomic E-state index is 5.29. The average molecular weight is 238 g/mol. The van der Waals surface area contributed by atoms with Gasteiger partial charge in [-0.1, -0.05) is 6.92 Å². The van der Waals surface area contributed by atoms with Gasteiger partial charge in [0.2, 0.25) is 0 Å². The van der Waals surface area contributed by atoms with Crippen LogP contribution in [0.15, 0.2) is 18.2 Å². The third kappa shape index (κ3) is 3.82. The zero-order chi connectivity index (χ0) is 12.7. The van der Waals surface area contributed by atoms with Gasteiger partial charge in [0.15, 0.2) is 11.5 Å². The Kier molecular flexibility index (Phi) is 5.63. The number of nitrogens with zero attached hydrogens (tertiary/aromatic N) is 1. The number of ether oxygens (including phenoxy) is 2. The van der Waals surface area contributed by atoms with Crippen molar-refractivity contribution in [3.8, 4) is 11.5 Å². The summed E-state index contributed by atoms with van der Waals surface area (Å²) in [5.74, 6) is 1.52. The average Bonchev–Trinajstić information content (AvgIpc) is 2.38. The first kappa shape index (κ1) is 13.6. The fraction of sp³-hybridized carbons (Fsp3) is 0.538. The van der Waals surface area contributed by atoms with E-state index in [1.165, 1.54) is 0 Å². The van der Waals surface area contributed by atoms with E-state index < -0.39 is 0 Å². The van der Waals surface area contributed by atoms with E-state index in [0.717, 1.165) is 36.8 Å². The minimum Gasteiger partial charge on any atom is -0.493 e. The predicted molar refractivity (Wildman–Crippen MR) is 71.4 cm³/mol. The fourth-order valence-electron chi connectivity index (χ4n) is 1.61. The molecule has 0 heterocycles. The van der Waals surface area contributed by atoms with Crippen LogP contribution in [0.5, 0.6) is 11.5 Å². The number of hydrogen-bond acceptors (Lipinski definition) is 4. The largest absolute Gasteiger partial charge is 0.493 e. The van der Waals surface area contributed by atoms with Crippen LogP contribution in [0.2, 0.25) is 0 Å². The van der Waals surface area contributed by atoms with E-state index >= 15 is 0 Å². The van der Waals surface area contributed by atoms with E-state index in [4.69, 9.17) is 9.47 Å².